The van der Waals surface area contributed by atoms with E-state index in [4.69, 9.17) is 14.2 Å². The number of fused-ring (bicyclic) bond motifs is 2. The number of ketones is 1. The van der Waals surface area contributed by atoms with Crippen LogP contribution in [0.5, 0.6) is 5.75 Å². The van der Waals surface area contributed by atoms with E-state index in [2.05, 4.69) is 22.6 Å². The third-order valence-corrected chi connectivity index (χ3v) is 7.45. The van der Waals surface area contributed by atoms with Gasteiger partial charge in [-0.3, -0.25) is 9.59 Å². The second-order valence-electron chi connectivity index (χ2n) is 6.61. The second-order valence-corrected chi connectivity index (χ2v) is 7.86. The Labute approximate surface area is 155 Å². The minimum Gasteiger partial charge on any atom is -0.497 e. The molecule has 5 nitrogen and oxygen atoms in total. The molecule has 0 amide bonds. The highest BCUT2D eigenvalue weighted by atomic mass is 127. The Bertz CT molecular complexity index is 643. The predicted molar refractivity (Wildman–Crippen MR) is 96.2 cm³/mol. The average Bonchev–Trinajstić information content (AvgIpc) is 2.71. The van der Waals surface area contributed by atoms with Gasteiger partial charge in [-0.1, -0.05) is 34.7 Å². The number of alkyl halides is 1. The van der Waals surface area contributed by atoms with Crippen molar-refractivity contribution < 1.29 is 23.8 Å². The van der Waals surface area contributed by atoms with Gasteiger partial charge in [0.25, 0.3) is 0 Å². The Kier molecular flexibility index (Phi) is 4.88. The van der Waals surface area contributed by atoms with Crippen molar-refractivity contribution in [2.45, 2.75) is 42.3 Å². The van der Waals surface area contributed by atoms with Gasteiger partial charge < -0.3 is 14.2 Å². The van der Waals surface area contributed by atoms with Crippen molar-refractivity contribution in [1.29, 1.82) is 0 Å². The Hall–Kier alpha value is -1.15. The number of hydrogen-bond acceptors (Lipinski definition) is 5. The van der Waals surface area contributed by atoms with Crippen molar-refractivity contribution in [3.8, 4) is 5.75 Å². The van der Waals surface area contributed by atoms with Crippen LogP contribution in [0.3, 0.4) is 0 Å². The molecule has 0 aromatic heterocycles. The minimum absolute atomic E-state index is 0.00470. The lowest BCUT2D eigenvalue weighted by Crippen LogP contribution is -2.50. The van der Waals surface area contributed by atoms with Crippen LogP contribution >= 0.6 is 22.6 Å². The van der Waals surface area contributed by atoms with Crippen molar-refractivity contribution in [3.63, 3.8) is 0 Å². The molecular weight excluding hydrogens is 423 g/mol. The van der Waals surface area contributed by atoms with Gasteiger partial charge in [0.05, 0.1) is 17.6 Å². The highest BCUT2D eigenvalue weighted by molar-refractivity contribution is 14.1. The highest BCUT2D eigenvalue weighted by Gasteiger charge is 2.67. The summed E-state index contributed by atoms with van der Waals surface area (Å²) < 4.78 is 16.3. The van der Waals surface area contributed by atoms with E-state index in [1.807, 2.05) is 31.2 Å². The third-order valence-electron chi connectivity index (χ3n) is 5.07. The van der Waals surface area contributed by atoms with Gasteiger partial charge in [0.1, 0.15) is 16.8 Å². The van der Waals surface area contributed by atoms with Crippen molar-refractivity contribution >= 4 is 34.3 Å². The second kappa shape index (κ2) is 6.63. The molecule has 2 aliphatic rings. The van der Waals surface area contributed by atoms with Crippen LogP contribution in [0.15, 0.2) is 24.3 Å². The fourth-order valence-electron chi connectivity index (χ4n) is 3.51. The smallest absolute Gasteiger partial charge is 0.321 e. The molecule has 24 heavy (non-hydrogen) atoms. The zero-order chi connectivity index (χ0) is 17.4. The van der Waals surface area contributed by atoms with E-state index in [1.165, 1.54) is 0 Å². The molecule has 2 fully saturated rings. The van der Waals surface area contributed by atoms with Gasteiger partial charge in [-0.15, -0.1) is 0 Å². The molecular formula is C18H21IO5. The summed E-state index contributed by atoms with van der Waals surface area (Å²) in [6, 6.07) is 7.63. The van der Waals surface area contributed by atoms with Gasteiger partial charge in [-0.2, -0.15) is 0 Å². The molecule has 1 aliphatic heterocycles. The number of rotatable bonds is 6. The van der Waals surface area contributed by atoms with Crippen LogP contribution in [-0.4, -0.2) is 35.0 Å². The van der Waals surface area contributed by atoms with Crippen molar-refractivity contribution in [2.24, 2.45) is 5.41 Å². The minimum atomic E-state index is -1.03. The SMILES string of the molecule is COc1ccc(COCC[C@@]23C(=O)CC[C@@](C)(OC2=O)[C@@H]3I)cc1. The van der Waals surface area contributed by atoms with E-state index in [-0.39, 0.29) is 15.7 Å². The number of esters is 1. The summed E-state index contributed by atoms with van der Waals surface area (Å²) >= 11 is 2.21. The van der Waals surface area contributed by atoms with Crippen molar-refractivity contribution in [3.05, 3.63) is 29.8 Å². The molecule has 1 heterocycles. The van der Waals surface area contributed by atoms with Gasteiger partial charge in [0, 0.05) is 13.0 Å². The maximum absolute atomic E-state index is 12.5. The van der Waals surface area contributed by atoms with Crippen LogP contribution in [-0.2, 0) is 25.7 Å². The molecule has 130 valence electrons. The predicted octanol–water partition coefficient (Wildman–Crippen LogP) is 3.07. The van der Waals surface area contributed by atoms with Gasteiger partial charge >= 0.3 is 5.97 Å². The summed E-state index contributed by atoms with van der Waals surface area (Å²) in [7, 11) is 1.63. The van der Waals surface area contributed by atoms with E-state index in [1.54, 1.807) is 7.11 Å². The normalized spacial score (nSPS) is 31.9. The van der Waals surface area contributed by atoms with Crippen LogP contribution in [0, 0.1) is 5.41 Å². The van der Waals surface area contributed by atoms with E-state index < -0.39 is 11.0 Å². The van der Waals surface area contributed by atoms with Crippen LogP contribution in [0.4, 0.5) is 0 Å². The number of benzene rings is 1. The standard InChI is InChI=1S/C18H21IO5/c1-17-8-7-14(20)18(15(17)19,16(21)24-17)9-10-23-11-12-3-5-13(22-2)6-4-12/h3-6,15H,7-11H2,1-2H3/t15-,17+,18-/m0/s1. The fourth-order valence-corrected chi connectivity index (χ4v) is 4.86. The quantitative estimate of drug-likeness (QED) is 0.222. The van der Waals surface area contributed by atoms with Gasteiger partial charge in [-0.05, 0) is 37.5 Å². The molecule has 0 unspecified atom stereocenters. The van der Waals surface area contributed by atoms with Crippen LogP contribution in [0.1, 0.15) is 31.7 Å². The molecule has 1 saturated carbocycles. The van der Waals surface area contributed by atoms with Gasteiger partial charge in [-0.25, -0.2) is 0 Å². The van der Waals surface area contributed by atoms with Crippen LogP contribution < -0.4 is 4.74 Å². The maximum atomic E-state index is 12.5. The van der Waals surface area contributed by atoms with Crippen molar-refractivity contribution in [1.82, 2.24) is 0 Å². The number of ether oxygens (including phenoxy) is 3. The molecule has 1 aromatic rings. The van der Waals surface area contributed by atoms with E-state index in [0.717, 1.165) is 11.3 Å². The van der Waals surface area contributed by atoms with E-state index in [0.29, 0.717) is 32.5 Å². The number of Topliss-reactive ketones (excluding diaryl/α,β-unsaturated/α-hetero) is 1. The van der Waals surface area contributed by atoms with E-state index >= 15 is 0 Å². The monoisotopic (exact) mass is 444 g/mol. The molecule has 6 heteroatoms. The average molecular weight is 444 g/mol. The number of halogens is 1. The molecule has 1 saturated heterocycles. The summed E-state index contributed by atoms with van der Waals surface area (Å²) in [6.45, 7) is 2.71. The molecule has 0 radical (unpaired) electrons. The first-order valence-corrected chi connectivity index (χ1v) is 9.28. The fraction of sp³-hybridized carbons (Fsp3) is 0.556. The van der Waals surface area contributed by atoms with Gasteiger partial charge in [0.2, 0.25) is 0 Å². The zero-order valence-corrected chi connectivity index (χ0v) is 16.0. The molecule has 3 rings (SSSR count). The summed E-state index contributed by atoms with van der Waals surface area (Å²) in [5.41, 5.74) is -0.539. The molecule has 3 atom stereocenters. The van der Waals surface area contributed by atoms with Crippen molar-refractivity contribution in [2.75, 3.05) is 13.7 Å². The number of hydrogen-bond donors (Lipinski definition) is 0. The topological polar surface area (TPSA) is 61.8 Å². The Morgan fingerprint density at radius 2 is 2.00 bits per heavy atom. The lowest BCUT2D eigenvalue weighted by atomic mass is 9.68. The molecule has 0 N–H and O–H groups in total. The first-order chi connectivity index (χ1) is 11.4. The Morgan fingerprint density at radius 1 is 1.29 bits per heavy atom. The molecule has 1 aromatic carbocycles. The Morgan fingerprint density at radius 3 is 2.67 bits per heavy atom. The maximum Gasteiger partial charge on any atom is 0.321 e. The van der Waals surface area contributed by atoms with Crippen LogP contribution in [0.2, 0.25) is 0 Å². The van der Waals surface area contributed by atoms with Crippen LogP contribution in [0.25, 0.3) is 0 Å². The summed E-state index contributed by atoms with van der Waals surface area (Å²) in [6.07, 6.45) is 1.39. The first kappa shape index (κ1) is 17.7. The van der Waals surface area contributed by atoms with Gasteiger partial charge in [0.15, 0.2) is 5.78 Å². The van der Waals surface area contributed by atoms with E-state index in [9.17, 15) is 9.59 Å². The summed E-state index contributed by atoms with van der Waals surface area (Å²) in [5.74, 6) is 0.418. The largest absolute Gasteiger partial charge is 0.497 e. The third kappa shape index (κ3) is 2.83. The lowest BCUT2D eigenvalue weighted by Gasteiger charge is -2.36. The molecule has 0 spiro atoms. The highest BCUT2D eigenvalue weighted by Crippen LogP contribution is 2.54. The first-order valence-electron chi connectivity index (χ1n) is 8.04. The zero-order valence-electron chi connectivity index (χ0n) is 13.8. The summed E-state index contributed by atoms with van der Waals surface area (Å²) in [5, 5.41) is 0. The summed E-state index contributed by atoms with van der Waals surface area (Å²) in [4.78, 5) is 24.9. The molecule has 1 aliphatic carbocycles. The lowest BCUT2D eigenvalue weighted by molar-refractivity contribution is -0.154. The Balaban J connectivity index is 1.60. The molecule has 2 bridgehead atoms. The number of methoxy groups -OCH3 is 1. The number of carbonyl (C=O) groups is 2. The number of carbonyl (C=O) groups excluding carboxylic acids is 2.